The molecule has 3 aliphatic carbocycles. The quantitative estimate of drug-likeness (QED) is 0.880. The zero-order valence-electron chi connectivity index (χ0n) is 10.4. The Bertz CT molecular complexity index is 545. The van der Waals surface area contributed by atoms with Crippen LogP contribution in [0.3, 0.4) is 0 Å². The van der Waals surface area contributed by atoms with Crippen molar-refractivity contribution in [1.82, 2.24) is 0 Å². The summed E-state index contributed by atoms with van der Waals surface area (Å²) in [6.07, 6.45) is 3.98. The van der Waals surface area contributed by atoms with Crippen LogP contribution in [-0.2, 0) is 4.79 Å². The molecule has 0 aliphatic heterocycles. The molecule has 1 N–H and O–H groups in total. The molecule has 4 atom stereocenters. The minimum atomic E-state index is -0.300. The van der Waals surface area contributed by atoms with Crippen LogP contribution in [0.15, 0.2) is 22.7 Å². The van der Waals surface area contributed by atoms with E-state index < -0.39 is 0 Å². The molecule has 4 heteroatoms. The van der Waals surface area contributed by atoms with Crippen molar-refractivity contribution in [1.29, 1.82) is 0 Å². The minimum absolute atomic E-state index is 0.124. The van der Waals surface area contributed by atoms with Crippen LogP contribution in [0, 0.1) is 35.4 Å². The fraction of sp³-hybridized carbons (Fsp3) is 0.533. The van der Waals surface area contributed by atoms with Gasteiger partial charge in [-0.25, -0.2) is 4.39 Å². The van der Waals surface area contributed by atoms with Crippen molar-refractivity contribution in [2.75, 3.05) is 5.32 Å². The van der Waals surface area contributed by atoms with E-state index in [1.54, 1.807) is 6.07 Å². The van der Waals surface area contributed by atoms with Gasteiger partial charge < -0.3 is 5.32 Å². The van der Waals surface area contributed by atoms with Gasteiger partial charge in [0.15, 0.2) is 0 Å². The Kier molecular flexibility index (Phi) is 2.53. The summed E-state index contributed by atoms with van der Waals surface area (Å²) in [7, 11) is 0. The van der Waals surface area contributed by atoms with Gasteiger partial charge in [-0.2, -0.15) is 0 Å². The smallest absolute Gasteiger partial charge is 0.228 e. The van der Waals surface area contributed by atoms with Crippen LogP contribution in [0.5, 0.6) is 0 Å². The predicted octanol–water partition coefficient (Wildman–Crippen LogP) is 3.82. The Morgan fingerprint density at radius 1 is 1.26 bits per heavy atom. The van der Waals surface area contributed by atoms with Gasteiger partial charge in [0.2, 0.25) is 5.91 Å². The third-order valence-corrected chi connectivity index (χ3v) is 5.88. The summed E-state index contributed by atoms with van der Waals surface area (Å²) in [5, 5.41) is 2.94. The third-order valence-electron chi connectivity index (χ3n) is 5.23. The number of nitrogens with one attached hydrogen (secondary N) is 1. The van der Waals surface area contributed by atoms with Gasteiger partial charge in [-0.3, -0.25) is 4.79 Å². The third kappa shape index (κ3) is 1.76. The van der Waals surface area contributed by atoms with E-state index in [1.165, 1.54) is 31.4 Å². The van der Waals surface area contributed by atoms with Crippen molar-refractivity contribution in [3.8, 4) is 0 Å². The van der Waals surface area contributed by atoms with Crippen molar-refractivity contribution < 1.29 is 9.18 Å². The van der Waals surface area contributed by atoms with Crippen LogP contribution in [0.4, 0.5) is 10.1 Å². The van der Waals surface area contributed by atoms with Crippen molar-refractivity contribution in [2.45, 2.75) is 19.3 Å². The average molecular weight is 324 g/mol. The molecule has 3 saturated carbocycles. The van der Waals surface area contributed by atoms with Gasteiger partial charge in [-0.05, 0) is 77.1 Å². The van der Waals surface area contributed by atoms with Gasteiger partial charge in [0.1, 0.15) is 5.82 Å². The lowest BCUT2D eigenvalue weighted by Crippen LogP contribution is -2.18. The number of rotatable bonds is 2. The molecule has 100 valence electrons. The highest BCUT2D eigenvalue weighted by molar-refractivity contribution is 9.10. The zero-order chi connectivity index (χ0) is 13.1. The number of carbonyl (C=O) groups excluding carboxylic acids is 1. The normalized spacial score (nSPS) is 38.1. The first-order valence-electron chi connectivity index (χ1n) is 6.91. The molecule has 0 radical (unpaired) electrons. The summed E-state index contributed by atoms with van der Waals surface area (Å²) in [6.45, 7) is 0. The summed E-state index contributed by atoms with van der Waals surface area (Å²) in [5.74, 6) is 2.90. The maximum atomic E-state index is 13.0. The van der Waals surface area contributed by atoms with Gasteiger partial charge in [0.25, 0.3) is 0 Å². The molecule has 2 nitrogen and oxygen atoms in total. The van der Waals surface area contributed by atoms with Crippen LogP contribution in [0.2, 0.25) is 0 Å². The molecule has 3 fully saturated rings. The Morgan fingerprint density at radius 2 is 1.95 bits per heavy atom. The molecule has 0 aromatic heterocycles. The number of hydrogen-bond donors (Lipinski definition) is 1. The Balaban J connectivity index is 1.48. The van der Waals surface area contributed by atoms with Crippen molar-refractivity contribution in [3.63, 3.8) is 0 Å². The van der Waals surface area contributed by atoms with E-state index in [-0.39, 0.29) is 17.6 Å². The second-order valence-electron chi connectivity index (χ2n) is 6.13. The van der Waals surface area contributed by atoms with E-state index in [9.17, 15) is 9.18 Å². The molecule has 4 unspecified atom stereocenters. The number of amides is 1. The molecule has 1 aromatic carbocycles. The lowest BCUT2D eigenvalue weighted by Gasteiger charge is -2.10. The minimum Gasteiger partial charge on any atom is -0.325 e. The number of hydrogen-bond acceptors (Lipinski definition) is 1. The standard InChI is InChI=1S/C15H15BrFNO/c16-10-6-9(17)3-4-11(10)18-15(19)14-12-7-1-2-8(5-7)13(12)14/h3-4,6-8,12-14H,1-2,5H2,(H,18,19). The van der Waals surface area contributed by atoms with Gasteiger partial charge in [0, 0.05) is 10.4 Å². The summed E-state index contributed by atoms with van der Waals surface area (Å²) in [4.78, 5) is 12.3. The fourth-order valence-corrected chi connectivity index (χ4v) is 4.93. The highest BCUT2D eigenvalue weighted by Gasteiger charge is 2.67. The molecule has 0 saturated heterocycles. The van der Waals surface area contributed by atoms with E-state index >= 15 is 0 Å². The fourth-order valence-electron chi connectivity index (χ4n) is 4.48. The number of carbonyl (C=O) groups is 1. The van der Waals surface area contributed by atoms with Crippen molar-refractivity contribution in [2.24, 2.45) is 29.6 Å². The SMILES string of the molecule is O=C(Nc1ccc(F)cc1Br)C1C2C3CCC(C3)C12. The number of halogens is 2. The first-order chi connectivity index (χ1) is 9.15. The molecular weight excluding hydrogens is 309 g/mol. The largest absolute Gasteiger partial charge is 0.325 e. The second kappa shape index (κ2) is 4.05. The Morgan fingerprint density at radius 3 is 2.58 bits per heavy atom. The summed E-state index contributed by atoms with van der Waals surface area (Å²) in [6, 6.07) is 4.37. The summed E-state index contributed by atoms with van der Waals surface area (Å²) >= 11 is 3.29. The van der Waals surface area contributed by atoms with Gasteiger partial charge >= 0.3 is 0 Å². The number of fused-ring (bicyclic) bond motifs is 5. The lowest BCUT2D eigenvalue weighted by atomic mass is 10.0. The number of benzene rings is 1. The first-order valence-corrected chi connectivity index (χ1v) is 7.70. The molecular formula is C15H15BrFNO. The highest BCUT2D eigenvalue weighted by Crippen LogP contribution is 2.69. The molecule has 1 aromatic rings. The molecule has 4 rings (SSSR count). The van der Waals surface area contributed by atoms with Gasteiger partial charge in [-0.1, -0.05) is 0 Å². The lowest BCUT2D eigenvalue weighted by molar-refractivity contribution is -0.118. The molecule has 0 heterocycles. The van der Waals surface area contributed by atoms with E-state index in [4.69, 9.17) is 0 Å². The second-order valence-corrected chi connectivity index (χ2v) is 6.98. The number of anilines is 1. The first kappa shape index (κ1) is 11.9. The van der Waals surface area contributed by atoms with Gasteiger partial charge in [-0.15, -0.1) is 0 Å². The predicted molar refractivity (Wildman–Crippen MR) is 74.0 cm³/mol. The molecule has 19 heavy (non-hydrogen) atoms. The zero-order valence-corrected chi connectivity index (χ0v) is 12.0. The monoisotopic (exact) mass is 323 g/mol. The van der Waals surface area contributed by atoms with E-state index in [1.807, 2.05) is 0 Å². The Hall–Kier alpha value is -0.900. The van der Waals surface area contributed by atoms with E-state index in [0.29, 0.717) is 22.0 Å². The molecule has 3 aliphatic rings. The van der Waals surface area contributed by atoms with Crippen molar-refractivity contribution in [3.05, 3.63) is 28.5 Å². The highest BCUT2D eigenvalue weighted by atomic mass is 79.9. The summed E-state index contributed by atoms with van der Waals surface area (Å²) < 4.78 is 13.6. The summed E-state index contributed by atoms with van der Waals surface area (Å²) in [5.41, 5.74) is 0.670. The maximum absolute atomic E-state index is 13.0. The average Bonchev–Trinajstić information content (AvgIpc) is 2.82. The van der Waals surface area contributed by atoms with E-state index in [0.717, 1.165) is 11.8 Å². The molecule has 0 spiro atoms. The maximum Gasteiger partial charge on any atom is 0.228 e. The Labute approximate surface area is 119 Å². The van der Waals surface area contributed by atoms with Crippen LogP contribution in [-0.4, -0.2) is 5.91 Å². The molecule has 1 amide bonds. The van der Waals surface area contributed by atoms with Crippen LogP contribution in [0.25, 0.3) is 0 Å². The topological polar surface area (TPSA) is 29.1 Å². The van der Waals surface area contributed by atoms with E-state index in [2.05, 4.69) is 21.2 Å². The molecule has 2 bridgehead atoms. The van der Waals surface area contributed by atoms with Crippen LogP contribution < -0.4 is 5.32 Å². The van der Waals surface area contributed by atoms with Gasteiger partial charge in [0.05, 0.1) is 5.69 Å². The van der Waals surface area contributed by atoms with Crippen LogP contribution in [0.1, 0.15) is 19.3 Å². The van der Waals surface area contributed by atoms with Crippen LogP contribution >= 0.6 is 15.9 Å². The van der Waals surface area contributed by atoms with Crippen molar-refractivity contribution >= 4 is 27.5 Å².